The summed E-state index contributed by atoms with van der Waals surface area (Å²) in [7, 11) is 1.48. The van der Waals surface area contributed by atoms with Gasteiger partial charge in [-0.05, 0) is 50.0 Å². The third-order valence-corrected chi connectivity index (χ3v) is 7.23. The largest absolute Gasteiger partial charge is 0.493 e. The summed E-state index contributed by atoms with van der Waals surface area (Å²) in [4.78, 5) is 28.5. The summed E-state index contributed by atoms with van der Waals surface area (Å²) < 4.78 is 22.9. The number of fused-ring (bicyclic) bond motifs is 3. The number of aliphatic hydroxyl groups excluding tert-OH is 3. The molecular weight excluding hydrogens is 496 g/mol. The molecule has 0 bridgehead atoms. The molecule has 1 aromatic carbocycles. The van der Waals surface area contributed by atoms with E-state index in [1.54, 1.807) is 23.1 Å². The molecule has 0 spiro atoms. The topological polar surface area (TPSA) is 147 Å². The molecule has 1 fully saturated rings. The van der Waals surface area contributed by atoms with E-state index >= 15 is 0 Å². The molecule has 11 nitrogen and oxygen atoms in total. The number of amides is 2. The maximum absolute atomic E-state index is 13.6. The number of rotatable bonds is 12. The van der Waals surface area contributed by atoms with E-state index in [9.17, 15) is 24.9 Å². The highest BCUT2D eigenvalue weighted by molar-refractivity contribution is 5.96. The van der Waals surface area contributed by atoms with Gasteiger partial charge in [0.2, 0.25) is 5.91 Å². The molecule has 1 aliphatic carbocycles. The first-order valence-electron chi connectivity index (χ1n) is 13.2. The van der Waals surface area contributed by atoms with Crippen LogP contribution in [0.3, 0.4) is 0 Å². The van der Waals surface area contributed by atoms with Crippen molar-refractivity contribution in [3.05, 3.63) is 34.9 Å². The van der Waals surface area contributed by atoms with Crippen molar-refractivity contribution < 1.29 is 43.9 Å². The van der Waals surface area contributed by atoms with Crippen molar-refractivity contribution in [1.82, 2.24) is 10.2 Å². The van der Waals surface area contributed by atoms with Gasteiger partial charge in [-0.2, -0.15) is 0 Å². The minimum Gasteiger partial charge on any atom is -0.493 e. The lowest BCUT2D eigenvalue weighted by atomic mass is 9.77. The quantitative estimate of drug-likeness (QED) is 0.277. The SMILES string of the molecule is CCOCCCN(C(=O)C1CCCO1)[C@@H]1C=C(C(=O)NCCO)[C@@H]2c3cc(CO)cc(OC)c3O[C@@H]2[C@H]1O. The van der Waals surface area contributed by atoms with Crippen molar-refractivity contribution in [2.24, 2.45) is 0 Å². The highest BCUT2D eigenvalue weighted by Gasteiger charge is 2.52. The average Bonchev–Trinajstić information content (AvgIpc) is 3.61. The fourth-order valence-corrected chi connectivity index (χ4v) is 5.46. The molecular formula is C27H38N2O9. The van der Waals surface area contributed by atoms with Crippen molar-refractivity contribution >= 4 is 11.8 Å². The molecule has 2 heterocycles. The number of carbonyl (C=O) groups excluding carboxylic acids is 2. The lowest BCUT2D eigenvalue weighted by molar-refractivity contribution is -0.147. The molecule has 210 valence electrons. The van der Waals surface area contributed by atoms with E-state index in [0.29, 0.717) is 67.4 Å². The summed E-state index contributed by atoms with van der Waals surface area (Å²) in [5.74, 6) is -0.589. The molecule has 4 rings (SSSR count). The standard InChI is InChI=1S/C27H38N2O9/c1-3-36-10-5-8-29(27(34)20-6-4-11-37-20)19-14-18(26(33)28-7-9-30)22-17-12-16(15-31)13-21(35-2)24(17)38-25(22)23(19)32/h12-14,19-20,22-23,25,30-32H,3-11,15H2,1-2H3,(H,28,33)/t19-,20?,22+,23+,25+/m1/s1. The molecule has 3 aliphatic rings. The van der Waals surface area contributed by atoms with Crippen molar-refractivity contribution in [1.29, 1.82) is 0 Å². The lowest BCUT2D eigenvalue weighted by Gasteiger charge is -2.41. The van der Waals surface area contributed by atoms with Crippen LogP contribution in [0.1, 0.15) is 43.2 Å². The second kappa shape index (κ2) is 12.9. The third kappa shape index (κ3) is 5.67. The maximum atomic E-state index is 13.6. The third-order valence-electron chi connectivity index (χ3n) is 7.23. The van der Waals surface area contributed by atoms with Gasteiger partial charge in [-0.3, -0.25) is 9.59 Å². The van der Waals surface area contributed by atoms with Crippen LogP contribution in [0, 0.1) is 0 Å². The Morgan fingerprint density at radius 2 is 2.08 bits per heavy atom. The minimum absolute atomic E-state index is 0.0431. The number of nitrogens with one attached hydrogen (secondary N) is 1. The van der Waals surface area contributed by atoms with Crippen molar-refractivity contribution in [3.8, 4) is 11.5 Å². The van der Waals surface area contributed by atoms with Gasteiger partial charge in [0, 0.05) is 44.0 Å². The molecule has 1 aromatic rings. The second-order valence-corrected chi connectivity index (χ2v) is 9.60. The van der Waals surface area contributed by atoms with Crippen LogP contribution in [0.25, 0.3) is 0 Å². The number of carbonyl (C=O) groups is 2. The fraction of sp³-hybridized carbons (Fsp3) is 0.630. The summed E-state index contributed by atoms with van der Waals surface area (Å²) in [5, 5.41) is 33.4. The molecule has 5 atom stereocenters. The van der Waals surface area contributed by atoms with E-state index in [1.165, 1.54) is 7.11 Å². The molecule has 4 N–H and O–H groups in total. The number of aliphatic hydroxyl groups is 3. The van der Waals surface area contributed by atoms with Gasteiger partial charge in [0.1, 0.15) is 18.3 Å². The zero-order valence-corrected chi connectivity index (χ0v) is 21.9. The Morgan fingerprint density at radius 1 is 1.26 bits per heavy atom. The van der Waals surface area contributed by atoms with E-state index in [-0.39, 0.29) is 25.7 Å². The molecule has 1 unspecified atom stereocenters. The average molecular weight is 535 g/mol. The Hall–Kier alpha value is -2.70. The zero-order valence-electron chi connectivity index (χ0n) is 21.9. The Kier molecular flexibility index (Phi) is 9.61. The molecule has 1 saturated heterocycles. The van der Waals surface area contributed by atoms with E-state index < -0.39 is 36.2 Å². The summed E-state index contributed by atoms with van der Waals surface area (Å²) in [5.41, 5.74) is 1.49. The molecule has 38 heavy (non-hydrogen) atoms. The van der Waals surface area contributed by atoms with E-state index in [0.717, 1.165) is 6.42 Å². The number of methoxy groups -OCH3 is 1. The Labute approximate surface area is 222 Å². The van der Waals surface area contributed by atoms with Crippen molar-refractivity contribution in [3.63, 3.8) is 0 Å². The highest BCUT2D eigenvalue weighted by atomic mass is 16.5. The predicted octanol–water partition coefficient (Wildman–Crippen LogP) is 0.244. The van der Waals surface area contributed by atoms with Crippen molar-refractivity contribution in [2.45, 2.75) is 63.1 Å². The Morgan fingerprint density at radius 3 is 2.74 bits per heavy atom. The van der Waals surface area contributed by atoms with Gasteiger partial charge in [0.15, 0.2) is 11.5 Å². The lowest BCUT2D eigenvalue weighted by Crippen LogP contribution is -2.57. The summed E-state index contributed by atoms with van der Waals surface area (Å²) >= 11 is 0. The van der Waals surface area contributed by atoms with Crippen LogP contribution in [-0.4, -0.2) is 103 Å². The first-order chi connectivity index (χ1) is 18.4. The first kappa shape index (κ1) is 28.3. The Balaban J connectivity index is 1.75. The first-order valence-corrected chi connectivity index (χ1v) is 13.2. The van der Waals surface area contributed by atoms with Crippen LogP contribution in [0.4, 0.5) is 0 Å². The minimum atomic E-state index is -1.17. The van der Waals surface area contributed by atoms with Crippen LogP contribution in [-0.2, 0) is 25.7 Å². The highest BCUT2D eigenvalue weighted by Crippen LogP contribution is 2.51. The van der Waals surface area contributed by atoms with Gasteiger partial charge in [0.05, 0.1) is 32.3 Å². The van der Waals surface area contributed by atoms with Gasteiger partial charge in [-0.15, -0.1) is 0 Å². The number of nitrogens with zero attached hydrogens (tertiary/aromatic N) is 1. The van der Waals surface area contributed by atoms with Gasteiger partial charge in [-0.25, -0.2) is 0 Å². The van der Waals surface area contributed by atoms with Crippen LogP contribution < -0.4 is 14.8 Å². The van der Waals surface area contributed by atoms with E-state index in [1.807, 2.05) is 6.92 Å². The molecule has 2 amide bonds. The van der Waals surface area contributed by atoms with Gasteiger partial charge < -0.3 is 44.5 Å². The van der Waals surface area contributed by atoms with E-state index in [4.69, 9.17) is 18.9 Å². The number of hydrogen-bond donors (Lipinski definition) is 4. The molecule has 2 aliphatic heterocycles. The molecule has 0 saturated carbocycles. The Bertz CT molecular complexity index is 1020. The smallest absolute Gasteiger partial charge is 0.252 e. The summed E-state index contributed by atoms with van der Waals surface area (Å²) in [6.07, 6.45) is 0.872. The maximum Gasteiger partial charge on any atom is 0.252 e. The van der Waals surface area contributed by atoms with Gasteiger partial charge in [-0.1, -0.05) is 0 Å². The van der Waals surface area contributed by atoms with Gasteiger partial charge in [0.25, 0.3) is 5.91 Å². The van der Waals surface area contributed by atoms with E-state index in [2.05, 4.69) is 5.32 Å². The molecule has 11 heteroatoms. The second-order valence-electron chi connectivity index (χ2n) is 9.60. The zero-order chi connectivity index (χ0) is 27.2. The normalized spacial score (nSPS) is 25.7. The van der Waals surface area contributed by atoms with Crippen LogP contribution in [0.5, 0.6) is 11.5 Å². The molecule has 0 radical (unpaired) electrons. The summed E-state index contributed by atoms with van der Waals surface area (Å²) in [6.45, 7) is 3.24. The van der Waals surface area contributed by atoms with Crippen LogP contribution in [0.2, 0.25) is 0 Å². The monoisotopic (exact) mass is 534 g/mol. The van der Waals surface area contributed by atoms with Crippen LogP contribution in [0.15, 0.2) is 23.8 Å². The summed E-state index contributed by atoms with van der Waals surface area (Å²) in [6, 6.07) is 2.53. The fourth-order valence-electron chi connectivity index (χ4n) is 5.46. The number of benzene rings is 1. The number of hydrogen-bond acceptors (Lipinski definition) is 9. The number of ether oxygens (including phenoxy) is 4. The predicted molar refractivity (Wildman–Crippen MR) is 136 cm³/mol. The molecule has 0 aromatic heterocycles. The van der Waals surface area contributed by atoms with Crippen molar-refractivity contribution in [2.75, 3.05) is 46.6 Å². The van der Waals surface area contributed by atoms with Crippen LogP contribution >= 0.6 is 0 Å². The van der Waals surface area contributed by atoms with Gasteiger partial charge >= 0.3 is 0 Å².